The third kappa shape index (κ3) is 3.48. The molecule has 2 atom stereocenters. The molecule has 1 saturated heterocycles. The van der Waals surface area contributed by atoms with E-state index in [1.165, 1.54) is 6.07 Å². The highest BCUT2D eigenvalue weighted by Crippen LogP contribution is 2.28. The summed E-state index contributed by atoms with van der Waals surface area (Å²) < 4.78 is 29.9. The normalized spacial score (nSPS) is 19.9. The first kappa shape index (κ1) is 20.1. The summed E-state index contributed by atoms with van der Waals surface area (Å²) in [5.74, 6) is -0.600. The second kappa shape index (κ2) is 7.37. The monoisotopic (exact) mass is 424 g/mol. The number of nitrogens with one attached hydrogen (secondary N) is 1. The van der Waals surface area contributed by atoms with Crippen LogP contribution < -0.4 is 10.2 Å². The molecule has 3 aromatic heterocycles. The minimum Gasteiger partial charge on any atom is -0.353 e. The summed E-state index contributed by atoms with van der Waals surface area (Å²) in [5, 5.41) is 3.53. The van der Waals surface area contributed by atoms with Crippen LogP contribution in [-0.2, 0) is 6.42 Å². The maximum Gasteiger partial charge on any atom is 0.167 e. The Hall–Kier alpha value is -2.87. The second-order valence-electron chi connectivity index (χ2n) is 9.07. The lowest BCUT2D eigenvalue weighted by atomic mass is 10.1. The Labute approximate surface area is 179 Å². The Bertz CT molecular complexity index is 1290. The maximum absolute atomic E-state index is 14.2. The number of hydrogen-bond acceptors (Lipinski definition) is 5. The number of hydrogen-bond donors (Lipinski definition) is 1. The van der Waals surface area contributed by atoms with Gasteiger partial charge < -0.3 is 10.2 Å². The molecule has 4 aromatic rings. The van der Waals surface area contributed by atoms with Gasteiger partial charge >= 0.3 is 0 Å². The molecule has 0 unspecified atom stereocenters. The van der Waals surface area contributed by atoms with Crippen LogP contribution in [0.5, 0.6) is 0 Å². The van der Waals surface area contributed by atoms with Gasteiger partial charge in [0.15, 0.2) is 22.9 Å². The number of halogens is 2. The van der Waals surface area contributed by atoms with Crippen LogP contribution in [-0.4, -0.2) is 44.5 Å². The molecule has 0 radical (unpaired) electrons. The van der Waals surface area contributed by atoms with Crippen molar-refractivity contribution < 1.29 is 8.78 Å². The van der Waals surface area contributed by atoms with Gasteiger partial charge in [0.2, 0.25) is 0 Å². The van der Waals surface area contributed by atoms with Crippen molar-refractivity contribution in [2.75, 3.05) is 18.0 Å². The standard InChI is InChI=1S/C23H26F2N6/c1-12(2)7-19-23-28-18-8-15(24)16(25)9-20(18)31(23)22-17(27-19)5-6-21(29-22)30-10-13(3)26-14(4)11-30/h5-6,8-9,12-14,26H,7,10-11H2,1-4H3/t13-,14+. The lowest BCUT2D eigenvalue weighted by molar-refractivity contribution is 0.405. The van der Waals surface area contributed by atoms with Gasteiger partial charge in [-0.1, -0.05) is 13.8 Å². The molecule has 5 rings (SSSR count). The number of nitrogens with zero attached hydrogens (tertiary/aromatic N) is 5. The second-order valence-corrected chi connectivity index (χ2v) is 9.07. The minimum atomic E-state index is -0.906. The Morgan fingerprint density at radius 1 is 0.968 bits per heavy atom. The third-order valence-electron chi connectivity index (χ3n) is 5.74. The highest BCUT2D eigenvalue weighted by Gasteiger charge is 2.23. The van der Waals surface area contributed by atoms with Crippen LogP contribution in [0, 0.1) is 17.6 Å². The zero-order valence-corrected chi connectivity index (χ0v) is 18.2. The number of pyridine rings is 1. The molecule has 1 aromatic carbocycles. The number of fused-ring (bicyclic) bond motifs is 5. The third-order valence-corrected chi connectivity index (χ3v) is 5.74. The van der Waals surface area contributed by atoms with Gasteiger partial charge in [0, 0.05) is 37.3 Å². The molecule has 1 aliphatic rings. The van der Waals surface area contributed by atoms with Crippen LogP contribution in [0.15, 0.2) is 24.3 Å². The van der Waals surface area contributed by atoms with E-state index in [9.17, 15) is 8.78 Å². The summed E-state index contributed by atoms with van der Waals surface area (Å²) >= 11 is 0. The van der Waals surface area contributed by atoms with Crippen molar-refractivity contribution in [1.29, 1.82) is 0 Å². The summed E-state index contributed by atoms with van der Waals surface area (Å²) in [5.41, 5.74) is 3.62. The fraction of sp³-hybridized carbons (Fsp3) is 0.435. The Morgan fingerprint density at radius 3 is 2.39 bits per heavy atom. The van der Waals surface area contributed by atoms with Crippen molar-refractivity contribution in [3.05, 3.63) is 41.6 Å². The van der Waals surface area contributed by atoms with Crippen LogP contribution in [0.4, 0.5) is 14.6 Å². The molecule has 0 amide bonds. The van der Waals surface area contributed by atoms with Crippen LogP contribution >= 0.6 is 0 Å². The van der Waals surface area contributed by atoms with E-state index < -0.39 is 11.6 Å². The quantitative estimate of drug-likeness (QED) is 0.537. The van der Waals surface area contributed by atoms with Gasteiger partial charge in [0.25, 0.3) is 0 Å². The predicted octanol–water partition coefficient (Wildman–Crippen LogP) is 4.09. The topological polar surface area (TPSA) is 58.4 Å². The van der Waals surface area contributed by atoms with E-state index in [2.05, 4.69) is 42.9 Å². The molecule has 1 aliphatic heterocycles. The SMILES string of the molecule is CC(C)Cc1nc2ccc(N3C[C@@H](C)N[C@@H](C)C3)nc2n2c1nc1cc(F)c(F)cc12. The van der Waals surface area contributed by atoms with Gasteiger partial charge in [-0.05, 0) is 38.3 Å². The number of benzene rings is 1. The minimum absolute atomic E-state index is 0.346. The fourth-order valence-electron chi connectivity index (χ4n) is 4.57. The molecule has 8 heteroatoms. The van der Waals surface area contributed by atoms with Crippen molar-refractivity contribution in [3.63, 3.8) is 0 Å². The first-order valence-corrected chi connectivity index (χ1v) is 10.8. The van der Waals surface area contributed by atoms with Gasteiger partial charge in [0.1, 0.15) is 11.3 Å². The molecular formula is C23H26F2N6. The Balaban J connectivity index is 1.78. The van der Waals surface area contributed by atoms with Crippen LogP contribution in [0.2, 0.25) is 0 Å². The molecule has 0 aliphatic carbocycles. The molecule has 1 fully saturated rings. The van der Waals surface area contributed by atoms with Crippen molar-refractivity contribution in [2.45, 2.75) is 46.2 Å². The van der Waals surface area contributed by atoms with Crippen molar-refractivity contribution in [2.24, 2.45) is 5.92 Å². The predicted molar refractivity (Wildman–Crippen MR) is 119 cm³/mol. The van der Waals surface area contributed by atoms with Gasteiger partial charge in [-0.25, -0.2) is 23.7 Å². The van der Waals surface area contributed by atoms with Gasteiger partial charge in [-0.3, -0.25) is 4.40 Å². The molecule has 0 bridgehead atoms. The molecular weight excluding hydrogens is 398 g/mol. The fourth-order valence-corrected chi connectivity index (χ4v) is 4.57. The van der Waals surface area contributed by atoms with E-state index in [0.29, 0.717) is 52.3 Å². The smallest absolute Gasteiger partial charge is 0.167 e. The molecule has 4 heterocycles. The van der Waals surface area contributed by atoms with E-state index in [1.807, 2.05) is 16.5 Å². The van der Waals surface area contributed by atoms with E-state index in [-0.39, 0.29) is 0 Å². The maximum atomic E-state index is 14.2. The zero-order valence-electron chi connectivity index (χ0n) is 18.2. The Kier molecular flexibility index (Phi) is 4.77. The Morgan fingerprint density at radius 2 is 1.68 bits per heavy atom. The van der Waals surface area contributed by atoms with Gasteiger partial charge in [-0.2, -0.15) is 0 Å². The van der Waals surface area contributed by atoms with E-state index >= 15 is 0 Å². The van der Waals surface area contributed by atoms with Gasteiger partial charge in [-0.15, -0.1) is 0 Å². The van der Waals surface area contributed by atoms with E-state index in [4.69, 9.17) is 9.97 Å². The van der Waals surface area contributed by atoms with Crippen molar-refractivity contribution in [3.8, 4) is 0 Å². The lowest BCUT2D eigenvalue weighted by Crippen LogP contribution is -2.54. The first-order valence-electron chi connectivity index (χ1n) is 10.8. The summed E-state index contributed by atoms with van der Waals surface area (Å²) in [7, 11) is 0. The summed E-state index contributed by atoms with van der Waals surface area (Å²) in [4.78, 5) is 16.6. The molecule has 162 valence electrons. The molecule has 6 nitrogen and oxygen atoms in total. The highest BCUT2D eigenvalue weighted by molar-refractivity contribution is 5.88. The number of aromatic nitrogens is 4. The molecule has 1 N–H and O–H groups in total. The van der Waals surface area contributed by atoms with E-state index in [0.717, 1.165) is 30.7 Å². The molecule has 0 spiro atoms. The molecule has 31 heavy (non-hydrogen) atoms. The number of anilines is 1. The molecule has 0 saturated carbocycles. The lowest BCUT2D eigenvalue weighted by Gasteiger charge is -2.36. The average molecular weight is 424 g/mol. The largest absolute Gasteiger partial charge is 0.353 e. The zero-order chi connectivity index (χ0) is 21.9. The van der Waals surface area contributed by atoms with E-state index in [1.54, 1.807) is 0 Å². The highest BCUT2D eigenvalue weighted by atomic mass is 19.2. The van der Waals surface area contributed by atoms with Crippen molar-refractivity contribution >= 4 is 33.7 Å². The summed E-state index contributed by atoms with van der Waals surface area (Å²) in [6.07, 6.45) is 0.711. The average Bonchev–Trinajstić information content (AvgIpc) is 3.06. The van der Waals surface area contributed by atoms with Crippen molar-refractivity contribution in [1.82, 2.24) is 24.7 Å². The summed E-state index contributed by atoms with van der Waals surface area (Å²) in [6, 6.07) is 6.99. The van der Waals surface area contributed by atoms with Crippen LogP contribution in [0.3, 0.4) is 0 Å². The van der Waals surface area contributed by atoms with Crippen LogP contribution in [0.1, 0.15) is 33.4 Å². The first-order chi connectivity index (χ1) is 14.8. The van der Waals surface area contributed by atoms with Crippen LogP contribution in [0.25, 0.3) is 27.8 Å². The number of piperazine rings is 1. The summed E-state index contributed by atoms with van der Waals surface area (Å²) in [6.45, 7) is 10.2. The number of imidazole rings is 1. The van der Waals surface area contributed by atoms with Gasteiger partial charge in [0.05, 0.1) is 16.7 Å². The number of rotatable bonds is 3.